The van der Waals surface area contributed by atoms with E-state index in [-0.39, 0.29) is 16.8 Å². The van der Waals surface area contributed by atoms with Crippen LogP contribution in [0.3, 0.4) is 0 Å². The number of nitrogens with zero attached hydrogens (tertiary/aromatic N) is 1. The number of rotatable bonds is 7. The Morgan fingerprint density at radius 3 is 2.42 bits per heavy atom. The summed E-state index contributed by atoms with van der Waals surface area (Å²) in [5.74, 6) is 0.130. The number of methoxy groups -OCH3 is 1. The van der Waals surface area contributed by atoms with Crippen LogP contribution in [0.15, 0.2) is 48.0 Å². The van der Waals surface area contributed by atoms with E-state index >= 15 is 0 Å². The molecule has 7 heteroatoms. The highest BCUT2D eigenvalue weighted by atomic mass is 32.1. The Labute approximate surface area is 187 Å². The van der Waals surface area contributed by atoms with Crippen LogP contribution in [-0.2, 0) is 16.0 Å². The largest absolute Gasteiger partial charge is 0.493 e. The Bertz CT molecular complexity index is 1030. The van der Waals surface area contributed by atoms with Crippen molar-refractivity contribution in [3.05, 3.63) is 59.2 Å². The van der Waals surface area contributed by atoms with Gasteiger partial charge >= 0.3 is 0 Å². The molecule has 0 radical (unpaired) electrons. The van der Waals surface area contributed by atoms with Gasteiger partial charge in [0.1, 0.15) is 5.57 Å². The van der Waals surface area contributed by atoms with Gasteiger partial charge in [-0.15, -0.1) is 0 Å². The van der Waals surface area contributed by atoms with Crippen molar-refractivity contribution in [2.24, 2.45) is 0 Å². The lowest BCUT2D eigenvalue weighted by atomic mass is 10.1. The third kappa shape index (κ3) is 4.94. The number of hydrogen-bond donors (Lipinski definition) is 1. The predicted molar refractivity (Wildman–Crippen MR) is 125 cm³/mol. The summed E-state index contributed by atoms with van der Waals surface area (Å²) in [7, 11) is 1.55. The molecule has 1 aliphatic heterocycles. The zero-order valence-corrected chi connectivity index (χ0v) is 18.9. The van der Waals surface area contributed by atoms with Gasteiger partial charge in [-0.25, -0.2) is 0 Å². The highest BCUT2D eigenvalue weighted by Gasteiger charge is 2.34. The summed E-state index contributed by atoms with van der Waals surface area (Å²) < 4.78 is 11.3. The van der Waals surface area contributed by atoms with Crippen LogP contribution in [0, 0.1) is 0 Å². The lowest BCUT2D eigenvalue weighted by Gasteiger charge is -2.29. The zero-order chi connectivity index (χ0) is 22.5. The Kier molecular flexibility index (Phi) is 7.07. The molecule has 162 valence electrons. The average molecular weight is 439 g/mol. The van der Waals surface area contributed by atoms with Crippen LogP contribution < -0.4 is 19.7 Å². The molecular formula is C24H26N2O4S. The van der Waals surface area contributed by atoms with E-state index in [1.165, 1.54) is 11.0 Å². The maximum atomic E-state index is 13.2. The molecule has 2 aromatic carbocycles. The van der Waals surface area contributed by atoms with Crippen molar-refractivity contribution in [3.8, 4) is 11.5 Å². The molecule has 1 unspecified atom stereocenters. The number of anilines is 1. The predicted octanol–water partition coefficient (Wildman–Crippen LogP) is 4.27. The number of benzene rings is 2. The number of ether oxygens (including phenoxy) is 2. The number of aryl methyl sites for hydroxylation is 1. The second kappa shape index (κ2) is 9.75. The van der Waals surface area contributed by atoms with Crippen LogP contribution in [0.2, 0.25) is 0 Å². The van der Waals surface area contributed by atoms with Gasteiger partial charge in [-0.1, -0.05) is 32.0 Å². The van der Waals surface area contributed by atoms with E-state index in [4.69, 9.17) is 21.7 Å². The molecule has 2 amide bonds. The molecule has 1 aliphatic rings. The first kappa shape index (κ1) is 22.5. The summed E-state index contributed by atoms with van der Waals surface area (Å²) in [6.45, 7) is 6.07. The van der Waals surface area contributed by atoms with Crippen LogP contribution >= 0.6 is 12.2 Å². The minimum absolute atomic E-state index is 0.00850. The summed E-state index contributed by atoms with van der Waals surface area (Å²) in [6.07, 6.45) is 3.32. The third-order valence-electron chi connectivity index (χ3n) is 5.11. The lowest BCUT2D eigenvalue weighted by molar-refractivity contribution is -0.122. The van der Waals surface area contributed by atoms with Crippen molar-refractivity contribution in [2.45, 2.75) is 39.7 Å². The fraction of sp³-hybridized carbons (Fsp3) is 0.292. The van der Waals surface area contributed by atoms with E-state index < -0.39 is 11.8 Å². The molecule has 3 rings (SSSR count). The molecule has 31 heavy (non-hydrogen) atoms. The van der Waals surface area contributed by atoms with Gasteiger partial charge in [0.2, 0.25) is 0 Å². The first-order valence-electron chi connectivity index (χ1n) is 10.2. The number of hydrogen-bond acceptors (Lipinski definition) is 5. The van der Waals surface area contributed by atoms with Gasteiger partial charge < -0.3 is 9.47 Å². The molecule has 0 saturated carbocycles. The SMILES string of the molecule is CCc1ccc(N2C(=O)C(=Cc3ccc(OC(C)CC)c(OC)c3)C(=O)NC2=S)cc1. The van der Waals surface area contributed by atoms with Gasteiger partial charge in [0.05, 0.1) is 18.9 Å². The van der Waals surface area contributed by atoms with Gasteiger partial charge in [-0.2, -0.15) is 0 Å². The monoisotopic (exact) mass is 438 g/mol. The minimum atomic E-state index is -0.532. The molecule has 1 heterocycles. The first-order chi connectivity index (χ1) is 14.9. The van der Waals surface area contributed by atoms with Crippen LogP contribution in [0.5, 0.6) is 11.5 Å². The molecule has 0 spiro atoms. The number of carbonyl (C=O) groups excluding carboxylic acids is 2. The molecule has 0 aromatic heterocycles. The van der Waals surface area contributed by atoms with Crippen molar-refractivity contribution in [3.63, 3.8) is 0 Å². The van der Waals surface area contributed by atoms with Gasteiger partial charge in [0.15, 0.2) is 16.6 Å². The first-order valence-corrected chi connectivity index (χ1v) is 10.6. The molecular weight excluding hydrogens is 412 g/mol. The Balaban J connectivity index is 1.93. The van der Waals surface area contributed by atoms with Crippen molar-refractivity contribution in [1.29, 1.82) is 0 Å². The van der Waals surface area contributed by atoms with Gasteiger partial charge in [-0.05, 0) is 73.5 Å². The molecule has 0 bridgehead atoms. The van der Waals surface area contributed by atoms with Crippen molar-refractivity contribution in [2.75, 3.05) is 12.0 Å². The van der Waals surface area contributed by atoms with E-state index in [0.717, 1.165) is 18.4 Å². The molecule has 2 aromatic rings. The summed E-state index contributed by atoms with van der Waals surface area (Å²) in [6, 6.07) is 12.8. The minimum Gasteiger partial charge on any atom is -0.493 e. The zero-order valence-electron chi connectivity index (χ0n) is 18.1. The Morgan fingerprint density at radius 1 is 1.10 bits per heavy atom. The topological polar surface area (TPSA) is 67.9 Å². The van der Waals surface area contributed by atoms with E-state index in [1.54, 1.807) is 25.3 Å². The lowest BCUT2D eigenvalue weighted by Crippen LogP contribution is -2.54. The highest BCUT2D eigenvalue weighted by Crippen LogP contribution is 2.31. The van der Waals surface area contributed by atoms with Gasteiger partial charge in [0.25, 0.3) is 11.8 Å². The molecule has 1 N–H and O–H groups in total. The molecule has 0 aliphatic carbocycles. The smallest absolute Gasteiger partial charge is 0.270 e. The normalized spacial score (nSPS) is 16.3. The van der Waals surface area contributed by atoms with Crippen molar-refractivity contribution >= 4 is 40.9 Å². The van der Waals surface area contributed by atoms with Gasteiger partial charge in [0, 0.05) is 0 Å². The third-order valence-corrected chi connectivity index (χ3v) is 5.39. The summed E-state index contributed by atoms with van der Waals surface area (Å²) in [5.41, 5.74) is 2.38. The number of thiocarbonyl (C=S) groups is 1. The summed E-state index contributed by atoms with van der Waals surface area (Å²) in [5, 5.41) is 2.67. The number of amides is 2. The number of carbonyl (C=O) groups is 2. The maximum absolute atomic E-state index is 13.2. The standard InChI is InChI=1S/C24H26N2O4S/c1-5-15(3)30-20-12-9-17(14-21(20)29-4)13-19-22(27)25-24(31)26(23(19)28)18-10-7-16(6-2)8-11-18/h7-15H,5-6H2,1-4H3,(H,25,27,31). The van der Waals surface area contributed by atoms with E-state index in [9.17, 15) is 9.59 Å². The molecule has 6 nitrogen and oxygen atoms in total. The van der Waals surface area contributed by atoms with Crippen LogP contribution in [0.25, 0.3) is 6.08 Å². The number of nitrogens with one attached hydrogen (secondary N) is 1. The fourth-order valence-corrected chi connectivity index (χ4v) is 3.39. The Hall–Kier alpha value is -3.19. The fourth-order valence-electron chi connectivity index (χ4n) is 3.11. The maximum Gasteiger partial charge on any atom is 0.270 e. The van der Waals surface area contributed by atoms with Gasteiger partial charge in [-0.3, -0.25) is 19.8 Å². The second-order valence-electron chi connectivity index (χ2n) is 7.22. The van der Waals surface area contributed by atoms with Crippen LogP contribution in [-0.4, -0.2) is 30.1 Å². The van der Waals surface area contributed by atoms with Crippen molar-refractivity contribution in [1.82, 2.24) is 5.32 Å². The van der Waals surface area contributed by atoms with Crippen LogP contribution in [0.4, 0.5) is 5.69 Å². The van der Waals surface area contributed by atoms with E-state index in [2.05, 4.69) is 12.2 Å². The van der Waals surface area contributed by atoms with E-state index in [0.29, 0.717) is 22.7 Å². The quantitative estimate of drug-likeness (QED) is 0.397. The molecule has 1 saturated heterocycles. The summed E-state index contributed by atoms with van der Waals surface area (Å²) in [4.78, 5) is 27.0. The second-order valence-corrected chi connectivity index (χ2v) is 7.61. The van der Waals surface area contributed by atoms with Crippen LogP contribution in [0.1, 0.15) is 38.3 Å². The summed E-state index contributed by atoms with van der Waals surface area (Å²) >= 11 is 5.26. The highest BCUT2D eigenvalue weighted by molar-refractivity contribution is 7.80. The molecule has 1 atom stereocenters. The molecule has 1 fully saturated rings. The Morgan fingerprint density at radius 2 is 1.81 bits per heavy atom. The van der Waals surface area contributed by atoms with Crippen molar-refractivity contribution < 1.29 is 19.1 Å². The average Bonchev–Trinajstić information content (AvgIpc) is 2.77. The van der Waals surface area contributed by atoms with E-state index in [1.807, 2.05) is 38.1 Å².